The molecule has 3 aliphatic rings. The zero-order valence-corrected chi connectivity index (χ0v) is 19.0. The van der Waals surface area contributed by atoms with E-state index in [2.05, 4.69) is 6.92 Å². The molecule has 2 aromatic carbocycles. The number of nitrogens with zero attached hydrogens (tertiary/aromatic N) is 2. The molecule has 0 saturated heterocycles. The van der Waals surface area contributed by atoms with Crippen molar-refractivity contribution in [1.29, 1.82) is 0 Å². The van der Waals surface area contributed by atoms with E-state index in [0.29, 0.717) is 23.6 Å². The van der Waals surface area contributed by atoms with Crippen molar-refractivity contribution in [3.8, 4) is 0 Å². The average molecular weight is 447 g/mol. The van der Waals surface area contributed by atoms with Crippen LogP contribution >= 0.6 is 0 Å². The molecular weight excluding hydrogens is 416 g/mol. The van der Waals surface area contributed by atoms with E-state index in [1.165, 1.54) is 4.90 Å². The fourth-order valence-corrected chi connectivity index (χ4v) is 5.78. The van der Waals surface area contributed by atoms with E-state index in [1.807, 2.05) is 23.1 Å². The second-order valence-corrected chi connectivity index (χ2v) is 9.62. The molecule has 0 radical (unpaired) electrons. The van der Waals surface area contributed by atoms with E-state index >= 15 is 0 Å². The van der Waals surface area contributed by atoms with Crippen LogP contribution in [0.15, 0.2) is 42.5 Å². The highest BCUT2D eigenvalue weighted by atomic mass is 16.3. The Labute approximate surface area is 194 Å². The van der Waals surface area contributed by atoms with Gasteiger partial charge in [-0.2, -0.15) is 0 Å². The lowest BCUT2D eigenvalue weighted by atomic mass is 9.78. The number of imide groups is 1. The van der Waals surface area contributed by atoms with Crippen LogP contribution in [0.5, 0.6) is 0 Å². The summed E-state index contributed by atoms with van der Waals surface area (Å²) in [6, 6.07) is 12.3. The number of hydrogen-bond acceptors (Lipinski definition) is 4. The number of rotatable bonds is 4. The molecular formula is C27H30N2O4. The number of carbonyl (C=O) groups excluding carboxylic acids is 3. The molecule has 1 saturated carbocycles. The van der Waals surface area contributed by atoms with Gasteiger partial charge in [0.1, 0.15) is 0 Å². The quantitative estimate of drug-likeness (QED) is 0.726. The van der Waals surface area contributed by atoms with Crippen LogP contribution in [0.25, 0.3) is 0 Å². The average Bonchev–Trinajstić information content (AvgIpc) is 3.08. The number of benzene rings is 2. The van der Waals surface area contributed by atoms with Crippen LogP contribution in [0.2, 0.25) is 0 Å². The first-order chi connectivity index (χ1) is 16.0. The van der Waals surface area contributed by atoms with E-state index in [1.54, 1.807) is 24.3 Å². The molecule has 2 aromatic rings. The van der Waals surface area contributed by atoms with Gasteiger partial charge < -0.3 is 10.0 Å². The Balaban J connectivity index is 1.51. The van der Waals surface area contributed by atoms with Gasteiger partial charge >= 0.3 is 0 Å². The molecule has 0 aromatic heterocycles. The Bertz CT molecular complexity index is 1080. The van der Waals surface area contributed by atoms with E-state index in [-0.39, 0.29) is 36.8 Å². The lowest BCUT2D eigenvalue weighted by Gasteiger charge is -2.42. The third kappa shape index (κ3) is 3.76. The Hall–Kier alpha value is -2.99. The van der Waals surface area contributed by atoms with E-state index < -0.39 is 6.04 Å². The van der Waals surface area contributed by atoms with Crippen LogP contribution in [0.1, 0.15) is 76.1 Å². The maximum Gasteiger partial charge on any atom is 0.261 e. The summed E-state index contributed by atoms with van der Waals surface area (Å²) in [4.78, 5) is 43.2. The summed E-state index contributed by atoms with van der Waals surface area (Å²) in [5.74, 6) is -0.176. The predicted octanol–water partition coefficient (Wildman–Crippen LogP) is 3.73. The highest BCUT2D eigenvalue weighted by Crippen LogP contribution is 2.38. The first kappa shape index (κ1) is 21.8. The van der Waals surface area contributed by atoms with Gasteiger partial charge in [0.2, 0.25) is 5.91 Å². The molecule has 0 unspecified atom stereocenters. The first-order valence-corrected chi connectivity index (χ1v) is 12.0. The number of amides is 3. The molecule has 3 amide bonds. The normalized spacial score (nSPS) is 24.6. The number of fused-ring (bicyclic) bond motifs is 2. The highest BCUT2D eigenvalue weighted by molar-refractivity contribution is 6.21. The molecule has 6 heteroatoms. The van der Waals surface area contributed by atoms with Crippen molar-refractivity contribution in [3.05, 3.63) is 70.3 Å². The maximum atomic E-state index is 13.8. The van der Waals surface area contributed by atoms with Gasteiger partial charge in [0.05, 0.1) is 30.3 Å². The van der Waals surface area contributed by atoms with Gasteiger partial charge in [-0.3, -0.25) is 19.3 Å². The molecule has 6 nitrogen and oxygen atoms in total. The van der Waals surface area contributed by atoms with Gasteiger partial charge in [-0.05, 0) is 54.0 Å². The number of aliphatic hydroxyl groups excluding tert-OH is 1. The van der Waals surface area contributed by atoms with Crippen LogP contribution in [0.4, 0.5) is 0 Å². The van der Waals surface area contributed by atoms with Crippen molar-refractivity contribution in [2.75, 3.05) is 13.1 Å². The van der Waals surface area contributed by atoms with Crippen LogP contribution in [-0.4, -0.2) is 45.7 Å². The van der Waals surface area contributed by atoms with Gasteiger partial charge in [-0.25, -0.2) is 0 Å². The molecule has 1 fully saturated rings. The van der Waals surface area contributed by atoms with Crippen LogP contribution in [0, 0.1) is 11.8 Å². The van der Waals surface area contributed by atoms with Crippen LogP contribution in [-0.2, 0) is 17.8 Å². The van der Waals surface area contributed by atoms with Crippen molar-refractivity contribution in [1.82, 2.24) is 9.80 Å². The molecule has 0 spiro atoms. The number of aliphatic hydroxyl groups is 1. The summed E-state index contributed by atoms with van der Waals surface area (Å²) in [5.41, 5.74) is 3.64. The third-order valence-corrected chi connectivity index (χ3v) is 7.70. The summed E-state index contributed by atoms with van der Waals surface area (Å²) >= 11 is 0. The molecule has 2 heterocycles. The monoisotopic (exact) mass is 446 g/mol. The number of carbonyl (C=O) groups is 3. The highest BCUT2D eigenvalue weighted by Gasteiger charge is 2.42. The SMILES string of the molecule is C[C@H]1CCCC[C@H]1C(=O)N1CCc2ccc(CO)cc2[C@H]1CN1C(=O)c2ccccc2C1=O. The molecule has 2 aliphatic heterocycles. The van der Waals surface area contributed by atoms with Crippen molar-refractivity contribution in [2.24, 2.45) is 11.8 Å². The summed E-state index contributed by atoms with van der Waals surface area (Å²) in [5, 5.41) is 9.73. The minimum absolute atomic E-state index is 0.0222. The molecule has 3 atom stereocenters. The van der Waals surface area contributed by atoms with Crippen molar-refractivity contribution >= 4 is 17.7 Å². The Morgan fingerprint density at radius 2 is 1.73 bits per heavy atom. The van der Waals surface area contributed by atoms with Gasteiger partial charge in [-0.15, -0.1) is 0 Å². The third-order valence-electron chi connectivity index (χ3n) is 7.70. The fraction of sp³-hybridized carbons (Fsp3) is 0.444. The van der Waals surface area contributed by atoms with E-state index in [0.717, 1.165) is 48.8 Å². The zero-order chi connectivity index (χ0) is 23.1. The van der Waals surface area contributed by atoms with Crippen molar-refractivity contribution < 1.29 is 19.5 Å². The van der Waals surface area contributed by atoms with Gasteiger partial charge in [0, 0.05) is 12.5 Å². The zero-order valence-electron chi connectivity index (χ0n) is 19.0. The second-order valence-electron chi connectivity index (χ2n) is 9.62. The molecule has 172 valence electrons. The standard InChI is InChI=1S/C27H30N2O4/c1-17-6-2-3-7-20(17)25(31)28-13-12-19-11-10-18(16-30)14-23(19)24(28)15-29-26(32)21-8-4-5-9-22(21)27(29)33/h4-5,8-11,14,17,20,24,30H,2-3,6-7,12-13,15-16H2,1H3/t17-,20+,24+/m0/s1. The van der Waals surface area contributed by atoms with Crippen molar-refractivity contribution in [3.63, 3.8) is 0 Å². The summed E-state index contributed by atoms with van der Waals surface area (Å²) in [6.07, 6.45) is 4.89. The minimum atomic E-state index is -0.413. The number of hydrogen-bond donors (Lipinski definition) is 1. The van der Waals surface area contributed by atoms with Gasteiger partial charge in [-0.1, -0.05) is 50.1 Å². The molecule has 1 aliphatic carbocycles. The topological polar surface area (TPSA) is 77.9 Å². The lowest BCUT2D eigenvalue weighted by Crippen LogP contribution is -2.49. The maximum absolute atomic E-state index is 13.8. The lowest BCUT2D eigenvalue weighted by molar-refractivity contribution is -0.141. The Morgan fingerprint density at radius 3 is 2.39 bits per heavy atom. The van der Waals surface area contributed by atoms with Crippen LogP contribution in [0.3, 0.4) is 0 Å². The fourth-order valence-electron chi connectivity index (χ4n) is 5.78. The van der Waals surface area contributed by atoms with Gasteiger partial charge in [0.15, 0.2) is 0 Å². The summed E-state index contributed by atoms with van der Waals surface area (Å²) in [6.45, 7) is 2.76. The molecule has 0 bridgehead atoms. The Morgan fingerprint density at radius 1 is 1.03 bits per heavy atom. The van der Waals surface area contributed by atoms with Crippen molar-refractivity contribution in [2.45, 2.75) is 51.7 Å². The summed E-state index contributed by atoms with van der Waals surface area (Å²) < 4.78 is 0. The molecule has 5 rings (SSSR count). The van der Waals surface area contributed by atoms with E-state index in [9.17, 15) is 19.5 Å². The minimum Gasteiger partial charge on any atom is -0.392 e. The molecule has 33 heavy (non-hydrogen) atoms. The summed E-state index contributed by atoms with van der Waals surface area (Å²) in [7, 11) is 0. The van der Waals surface area contributed by atoms with Gasteiger partial charge in [0.25, 0.3) is 11.8 Å². The predicted molar refractivity (Wildman–Crippen MR) is 123 cm³/mol. The molecule has 1 N–H and O–H groups in total. The first-order valence-electron chi connectivity index (χ1n) is 12.0. The van der Waals surface area contributed by atoms with E-state index in [4.69, 9.17) is 0 Å². The largest absolute Gasteiger partial charge is 0.392 e. The smallest absolute Gasteiger partial charge is 0.261 e. The second kappa shape index (κ2) is 8.75. The Kier molecular flexibility index (Phi) is 5.79. The van der Waals surface area contributed by atoms with Crippen LogP contribution < -0.4 is 0 Å².